The molecule has 0 radical (unpaired) electrons. The van der Waals surface area contributed by atoms with Crippen LogP contribution in [0.1, 0.15) is 32.6 Å². The zero-order valence-electron chi connectivity index (χ0n) is 15.7. The second-order valence-electron chi connectivity index (χ2n) is 6.83. The first kappa shape index (κ1) is 19.9. The van der Waals surface area contributed by atoms with E-state index in [1.807, 2.05) is 6.92 Å². The molecule has 0 aliphatic carbocycles. The van der Waals surface area contributed by atoms with Gasteiger partial charge in [-0.2, -0.15) is 0 Å². The van der Waals surface area contributed by atoms with Crippen LogP contribution in [0.3, 0.4) is 0 Å². The average Bonchev–Trinajstić information content (AvgIpc) is 3.04. The highest BCUT2D eigenvalue weighted by molar-refractivity contribution is 5.84. The van der Waals surface area contributed by atoms with Crippen LogP contribution in [0.25, 0.3) is 0 Å². The Bertz CT molecular complexity index is 444. The lowest BCUT2D eigenvalue weighted by atomic mass is 10.1. The fraction of sp³-hybridized carbons (Fsp3) is 0.882. The van der Waals surface area contributed by atoms with Crippen LogP contribution in [0.2, 0.25) is 0 Å². The van der Waals surface area contributed by atoms with Gasteiger partial charge in [-0.15, -0.1) is 0 Å². The average molecular weight is 356 g/mol. The maximum absolute atomic E-state index is 11.8. The van der Waals surface area contributed by atoms with Crippen LogP contribution in [0, 0.1) is 0 Å². The number of likely N-dealkylation sites (N-methyl/N-ethyl adjacent to an activating group) is 1. The number of hydrogen-bond donors (Lipinski definition) is 2. The number of hydrogen-bond acceptors (Lipinski definition) is 5. The van der Waals surface area contributed by atoms with E-state index in [2.05, 4.69) is 15.6 Å². The maximum Gasteiger partial charge on any atom is 0.243 e. The second kappa shape index (κ2) is 9.94. The highest BCUT2D eigenvalue weighted by Crippen LogP contribution is 2.21. The van der Waals surface area contributed by atoms with E-state index in [-0.39, 0.29) is 18.6 Å². The Hall–Kier alpha value is -1.38. The summed E-state index contributed by atoms with van der Waals surface area (Å²) in [5.74, 6) is 0.0414. The molecule has 0 bridgehead atoms. The van der Waals surface area contributed by atoms with Gasteiger partial charge in [0.2, 0.25) is 5.91 Å². The van der Waals surface area contributed by atoms with E-state index in [0.29, 0.717) is 38.7 Å². The van der Waals surface area contributed by atoms with E-state index in [0.717, 1.165) is 19.4 Å². The summed E-state index contributed by atoms with van der Waals surface area (Å²) in [5.41, 5.74) is 0. The van der Waals surface area contributed by atoms with Gasteiger partial charge in [-0.3, -0.25) is 4.79 Å². The van der Waals surface area contributed by atoms with Gasteiger partial charge < -0.3 is 29.7 Å². The smallest absolute Gasteiger partial charge is 0.243 e. The molecule has 0 aromatic rings. The molecule has 25 heavy (non-hydrogen) atoms. The Morgan fingerprint density at radius 1 is 1.20 bits per heavy atom. The van der Waals surface area contributed by atoms with Crippen molar-refractivity contribution in [1.82, 2.24) is 15.5 Å². The molecule has 1 amide bonds. The number of nitrogens with zero attached hydrogens (tertiary/aromatic N) is 2. The van der Waals surface area contributed by atoms with Crippen LogP contribution in [-0.4, -0.2) is 82.2 Å². The SMILES string of the molecule is CN(C)C(=O)CN=C(NCCC1(C)OCCO1)NCC1CCCCO1. The Kier molecular flexibility index (Phi) is 7.92. The van der Waals surface area contributed by atoms with E-state index in [1.165, 1.54) is 11.3 Å². The quantitative estimate of drug-likeness (QED) is 0.505. The lowest BCUT2D eigenvalue weighted by Gasteiger charge is -2.25. The van der Waals surface area contributed by atoms with Crippen LogP contribution in [-0.2, 0) is 19.0 Å². The monoisotopic (exact) mass is 356 g/mol. The molecule has 2 fully saturated rings. The summed E-state index contributed by atoms with van der Waals surface area (Å²) in [4.78, 5) is 17.7. The number of ether oxygens (including phenoxy) is 3. The molecule has 144 valence electrons. The predicted octanol–water partition coefficient (Wildman–Crippen LogP) is 0.332. The topological polar surface area (TPSA) is 84.4 Å². The third-order valence-corrected chi connectivity index (χ3v) is 4.41. The summed E-state index contributed by atoms with van der Waals surface area (Å²) in [6.45, 7) is 5.46. The predicted molar refractivity (Wildman–Crippen MR) is 95.5 cm³/mol. The molecule has 0 spiro atoms. The van der Waals surface area contributed by atoms with Gasteiger partial charge in [0.25, 0.3) is 0 Å². The minimum atomic E-state index is -0.538. The van der Waals surface area contributed by atoms with Crippen LogP contribution in [0.4, 0.5) is 0 Å². The Morgan fingerprint density at radius 2 is 1.96 bits per heavy atom. The number of rotatable bonds is 7. The van der Waals surface area contributed by atoms with E-state index in [4.69, 9.17) is 14.2 Å². The van der Waals surface area contributed by atoms with Gasteiger partial charge in [0, 0.05) is 40.2 Å². The molecule has 1 unspecified atom stereocenters. The van der Waals surface area contributed by atoms with Crippen molar-refractivity contribution in [1.29, 1.82) is 0 Å². The molecule has 2 aliphatic heterocycles. The number of aliphatic imine (C=N–C) groups is 1. The third-order valence-electron chi connectivity index (χ3n) is 4.41. The molecule has 8 nitrogen and oxygen atoms in total. The fourth-order valence-electron chi connectivity index (χ4n) is 2.75. The third kappa shape index (κ3) is 7.17. The van der Waals surface area contributed by atoms with E-state index in [1.54, 1.807) is 14.1 Å². The maximum atomic E-state index is 11.8. The Morgan fingerprint density at radius 3 is 2.60 bits per heavy atom. The molecule has 2 saturated heterocycles. The fourth-order valence-corrected chi connectivity index (χ4v) is 2.75. The van der Waals surface area contributed by atoms with Crippen molar-refractivity contribution in [2.45, 2.75) is 44.5 Å². The van der Waals surface area contributed by atoms with Gasteiger partial charge in [-0.05, 0) is 26.2 Å². The van der Waals surface area contributed by atoms with Gasteiger partial charge in [0.05, 0.1) is 19.3 Å². The van der Waals surface area contributed by atoms with Gasteiger partial charge in [0.1, 0.15) is 6.54 Å². The molecular formula is C17H32N4O4. The molecule has 0 aromatic heterocycles. The summed E-state index contributed by atoms with van der Waals surface area (Å²) in [7, 11) is 3.45. The number of nitrogens with one attached hydrogen (secondary N) is 2. The van der Waals surface area contributed by atoms with E-state index in [9.17, 15) is 4.79 Å². The van der Waals surface area contributed by atoms with Crippen LogP contribution in [0.15, 0.2) is 4.99 Å². The van der Waals surface area contributed by atoms with Gasteiger partial charge in [-0.1, -0.05) is 0 Å². The van der Waals surface area contributed by atoms with Crippen molar-refractivity contribution in [2.24, 2.45) is 4.99 Å². The standard InChI is InChI=1S/C17H32N4O4/c1-17(24-10-11-25-17)7-8-18-16(20-13-15(22)21(2)3)19-12-14-6-4-5-9-23-14/h14H,4-13H2,1-3H3,(H2,18,19,20). The van der Waals surface area contributed by atoms with Crippen LogP contribution in [0.5, 0.6) is 0 Å². The number of carbonyl (C=O) groups is 1. The second-order valence-corrected chi connectivity index (χ2v) is 6.83. The summed E-state index contributed by atoms with van der Waals surface area (Å²) >= 11 is 0. The van der Waals surface area contributed by atoms with Crippen LogP contribution < -0.4 is 10.6 Å². The highest BCUT2D eigenvalue weighted by Gasteiger charge is 2.30. The summed E-state index contributed by atoms with van der Waals surface area (Å²) < 4.78 is 16.9. The molecule has 2 N–H and O–H groups in total. The van der Waals surface area contributed by atoms with Crippen molar-refractivity contribution >= 4 is 11.9 Å². The molecular weight excluding hydrogens is 324 g/mol. The largest absolute Gasteiger partial charge is 0.376 e. The zero-order valence-corrected chi connectivity index (χ0v) is 15.7. The summed E-state index contributed by atoms with van der Waals surface area (Å²) in [5, 5.41) is 6.54. The molecule has 0 aromatic carbocycles. The zero-order chi connectivity index (χ0) is 18.1. The lowest BCUT2D eigenvalue weighted by molar-refractivity contribution is -0.145. The van der Waals surface area contributed by atoms with Gasteiger partial charge >= 0.3 is 0 Å². The Balaban J connectivity index is 1.81. The van der Waals surface area contributed by atoms with Crippen molar-refractivity contribution in [3.63, 3.8) is 0 Å². The number of guanidine groups is 1. The van der Waals surface area contributed by atoms with Gasteiger partial charge in [0.15, 0.2) is 11.7 Å². The van der Waals surface area contributed by atoms with Gasteiger partial charge in [-0.25, -0.2) is 4.99 Å². The normalized spacial score (nSPS) is 23.3. The van der Waals surface area contributed by atoms with Crippen LogP contribution >= 0.6 is 0 Å². The van der Waals surface area contributed by atoms with E-state index < -0.39 is 5.79 Å². The molecule has 8 heteroatoms. The number of amides is 1. The minimum Gasteiger partial charge on any atom is -0.376 e. The van der Waals surface area contributed by atoms with Crippen molar-refractivity contribution in [3.8, 4) is 0 Å². The molecule has 2 heterocycles. The summed E-state index contributed by atoms with van der Waals surface area (Å²) in [6, 6.07) is 0. The molecule has 1 atom stereocenters. The number of carbonyl (C=O) groups excluding carboxylic acids is 1. The minimum absolute atomic E-state index is 0.0376. The first-order valence-corrected chi connectivity index (χ1v) is 9.10. The van der Waals surface area contributed by atoms with Crippen molar-refractivity contribution in [3.05, 3.63) is 0 Å². The van der Waals surface area contributed by atoms with E-state index >= 15 is 0 Å². The molecule has 2 rings (SSSR count). The highest BCUT2D eigenvalue weighted by atomic mass is 16.7. The first-order valence-electron chi connectivity index (χ1n) is 9.10. The molecule has 0 saturated carbocycles. The van der Waals surface area contributed by atoms with Crippen molar-refractivity contribution < 1.29 is 19.0 Å². The van der Waals surface area contributed by atoms with Crippen molar-refractivity contribution in [2.75, 3.05) is 53.6 Å². The first-order chi connectivity index (χ1) is 12.0. The Labute approximate surface area is 150 Å². The lowest BCUT2D eigenvalue weighted by Crippen LogP contribution is -2.44. The molecule has 2 aliphatic rings. The summed E-state index contributed by atoms with van der Waals surface area (Å²) in [6.07, 6.45) is 4.28.